The zero-order valence-electron chi connectivity index (χ0n) is 16.1. The van der Waals surface area contributed by atoms with Gasteiger partial charge in [-0.15, -0.1) is 0 Å². The number of ether oxygens (including phenoxy) is 1. The van der Waals surface area contributed by atoms with E-state index in [0.717, 1.165) is 36.5 Å². The number of hydrogen-bond donors (Lipinski definition) is 2. The van der Waals surface area contributed by atoms with E-state index in [-0.39, 0.29) is 29.8 Å². The molecule has 4 rings (SSSR count). The van der Waals surface area contributed by atoms with Crippen LogP contribution in [0.3, 0.4) is 0 Å². The summed E-state index contributed by atoms with van der Waals surface area (Å²) in [6.45, 7) is 1.17. The van der Waals surface area contributed by atoms with E-state index in [0.29, 0.717) is 18.1 Å². The van der Waals surface area contributed by atoms with E-state index in [1.807, 2.05) is 0 Å². The highest BCUT2D eigenvalue weighted by molar-refractivity contribution is 7.98. The molecule has 0 bridgehead atoms. The largest absolute Gasteiger partial charge is 0.376 e. The van der Waals surface area contributed by atoms with Crippen LogP contribution in [0, 0.1) is 10.1 Å². The molecule has 0 aliphatic carbocycles. The Morgan fingerprint density at radius 3 is 2.80 bits per heavy atom. The molecule has 0 radical (unpaired) electrons. The first-order valence-electron chi connectivity index (χ1n) is 9.61. The lowest BCUT2D eigenvalue weighted by atomic mass is 10.2. The number of amides is 2. The van der Waals surface area contributed by atoms with Gasteiger partial charge >= 0.3 is 0 Å². The topological polar surface area (TPSA) is 128 Å². The Labute approximate surface area is 176 Å². The highest BCUT2D eigenvalue weighted by atomic mass is 32.2. The molecule has 0 saturated carbocycles. The number of fused-ring (bicyclic) bond motifs is 1. The fourth-order valence-electron chi connectivity index (χ4n) is 3.46. The van der Waals surface area contributed by atoms with Crippen LogP contribution in [0.25, 0.3) is 0 Å². The van der Waals surface area contributed by atoms with Crippen molar-refractivity contribution in [2.75, 3.05) is 18.5 Å². The fraction of sp³-hybridized carbons (Fsp3) is 0.421. The number of aromatic nitrogens is 2. The van der Waals surface area contributed by atoms with Gasteiger partial charge in [-0.2, -0.15) is 16.9 Å². The fourth-order valence-corrected chi connectivity index (χ4v) is 4.49. The third-order valence-electron chi connectivity index (χ3n) is 5.04. The lowest BCUT2D eigenvalue weighted by molar-refractivity contribution is -0.384. The van der Waals surface area contributed by atoms with Crippen molar-refractivity contribution >= 4 is 35.1 Å². The predicted molar refractivity (Wildman–Crippen MR) is 110 cm³/mol. The molecule has 1 fully saturated rings. The van der Waals surface area contributed by atoms with Gasteiger partial charge in [0.25, 0.3) is 11.6 Å². The molecule has 2 amide bonds. The molecule has 10 nitrogen and oxygen atoms in total. The number of thioether (sulfide) groups is 1. The Bertz CT molecular complexity index is 968. The second-order valence-electron chi connectivity index (χ2n) is 7.12. The average molecular weight is 431 g/mol. The lowest BCUT2D eigenvalue weighted by Gasteiger charge is -2.13. The minimum absolute atomic E-state index is 0.0136. The van der Waals surface area contributed by atoms with Gasteiger partial charge in [-0.05, 0) is 25.0 Å². The molecule has 1 unspecified atom stereocenters. The smallest absolute Gasteiger partial charge is 0.269 e. The van der Waals surface area contributed by atoms with E-state index in [9.17, 15) is 19.7 Å². The van der Waals surface area contributed by atoms with Crippen LogP contribution in [0.1, 0.15) is 34.5 Å². The van der Waals surface area contributed by atoms with Gasteiger partial charge in [0.2, 0.25) is 5.91 Å². The van der Waals surface area contributed by atoms with Crippen molar-refractivity contribution in [2.45, 2.75) is 37.0 Å². The van der Waals surface area contributed by atoms with Gasteiger partial charge in [-0.3, -0.25) is 19.7 Å². The maximum absolute atomic E-state index is 12.7. The number of nitro groups is 1. The van der Waals surface area contributed by atoms with Gasteiger partial charge in [0.05, 0.1) is 16.7 Å². The number of rotatable bonds is 7. The molecule has 3 heterocycles. The number of carbonyl (C=O) groups is 2. The first-order valence-corrected chi connectivity index (χ1v) is 10.8. The molecule has 2 aliphatic heterocycles. The van der Waals surface area contributed by atoms with Gasteiger partial charge in [-0.25, -0.2) is 4.68 Å². The Balaban J connectivity index is 1.46. The summed E-state index contributed by atoms with van der Waals surface area (Å²) in [5.41, 5.74) is 1.96. The standard InChI is InChI=1S/C19H21N5O5S/c25-17(20-8-14-2-1-7-29-14)9-23-18(15-10-30-11-16(15)22-23)21-19(26)12-3-5-13(6-4-12)24(27)28/h3-6,14H,1-2,7-11H2,(H,20,25)(H,21,26). The summed E-state index contributed by atoms with van der Waals surface area (Å²) in [6.07, 6.45) is 1.99. The van der Waals surface area contributed by atoms with Crippen LogP contribution in [0.15, 0.2) is 24.3 Å². The molecular weight excluding hydrogens is 410 g/mol. The van der Waals surface area contributed by atoms with Crippen molar-refractivity contribution < 1.29 is 19.2 Å². The molecule has 30 heavy (non-hydrogen) atoms. The minimum atomic E-state index is -0.518. The summed E-state index contributed by atoms with van der Waals surface area (Å²) in [4.78, 5) is 35.4. The van der Waals surface area contributed by atoms with Crippen molar-refractivity contribution in [3.8, 4) is 0 Å². The molecule has 2 N–H and O–H groups in total. The lowest BCUT2D eigenvalue weighted by Crippen LogP contribution is -2.34. The van der Waals surface area contributed by atoms with E-state index < -0.39 is 10.8 Å². The highest BCUT2D eigenvalue weighted by Crippen LogP contribution is 2.35. The summed E-state index contributed by atoms with van der Waals surface area (Å²) < 4.78 is 7.03. The molecule has 11 heteroatoms. The van der Waals surface area contributed by atoms with Crippen molar-refractivity contribution in [3.05, 3.63) is 51.2 Å². The number of anilines is 1. The molecule has 2 aliphatic rings. The van der Waals surface area contributed by atoms with E-state index in [4.69, 9.17) is 4.74 Å². The number of benzene rings is 1. The average Bonchev–Trinajstić information content (AvgIpc) is 3.46. The van der Waals surface area contributed by atoms with Crippen LogP contribution < -0.4 is 10.6 Å². The first kappa shape index (κ1) is 20.4. The highest BCUT2D eigenvalue weighted by Gasteiger charge is 2.25. The summed E-state index contributed by atoms with van der Waals surface area (Å²) in [5.74, 6) is 1.30. The molecule has 1 atom stereocenters. The van der Waals surface area contributed by atoms with E-state index >= 15 is 0 Å². The van der Waals surface area contributed by atoms with Crippen LogP contribution in [0.5, 0.6) is 0 Å². The van der Waals surface area contributed by atoms with Gasteiger partial charge < -0.3 is 15.4 Å². The molecule has 1 aromatic heterocycles. The third-order valence-corrected chi connectivity index (χ3v) is 6.01. The number of nitrogens with zero attached hydrogens (tertiary/aromatic N) is 3. The van der Waals surface area contributed by atoms with Crippen molar-refractivity contribution in [2.24, 2.45) is 0 Å². The van der Waals surface area contributed by atoms with Gasteiger partial charge in [0.1, 0.15) is 12.4 Å². The van der Waals surface area contributed by atoms with Crippen molar-refractivity contribution in [1.82, 2.24) is 15.1 Å². The van der Waals surface area contributed by atoms with Crippen LogP contribution in [0.2, 0.25) is 0 Å². The summed E-state index contributed by atoms with van der Waals surface area (Å²) >= 11 is 1.69. The maximum atomic E-state index is 12.7. The Hall–Kier alpha value is -2.92. The Kier molecular flexibility index (Phi) is 6.00. The van der Waals surface area contributed by atoms with Crippen LogP contribution in [-0.4, -0.2) is 45.8 Å². The minimum Gasteiger partial charge on any atom is -0.376 e. The Morgan fingerprint density at radius 2 is 2.10 bits per heavy atom. The molecule has 1 saturated heterocycles. The molecule has 1 aromatic carbocycles. The van der Waals surface area contributed by atoms with Crippen LogP contribution in [-0.2, 0) is 27.6 Å². The van der Waals surface area contributed by atoms with Crippen molar-refractivity contribution in [1.29, 1.82) is 0 Å². The SMILES string of the molecule is O=C(Cn1nc2c(c1NC(=O)c1ccc([N+](=O)[O-])cc1)CSC2)NCC1CCCO1. The van der Waals surface area contributed by atoms with Crippen LogP contribution in [0.4, 0.5) is 11.5 Å². The maximum Gasteiger partial charge on any atom is 0.269 e. The predicted octanol–water partition coefficient (Wildman–Crippen LogP) is 2.09. The monoisotopic (exact) mass is 431 g/mol. The zero-order valence-corrected chi connectivity index (χ0v) is 16.9. The molecular formula is C19H21N5O5S. The van der Waals surface area contributed by atoms with E-state index in [1.165, 1.54) is 28.9 Å². The summed E-state index contributed by atoms with van der Waals surface area (Å²) in [7, 11) is 0. The number of nitro benzene ring substituents is 1. The summed E-state index contributed by atoms with van der Waals surface area (Å²) in [5, 5.41) is 21.0. The molecule has 0 spiro atoms. The van der Waals surface area contributed by atoms with Gasteiger partial charge in [-0.1, -0.05) is 0 Å². The normalized spacial score (nSPS) is 17.5. The summed E-state index contributed by atoms with van der Waals surface area (Å²) in [6, 6.07) is 5.37. The Morgan fingerprint density at radius 1 is 1.30 bits per heavy atom. The number of hydrogen-bond acceptors (Lipinski definition) is 7. The van der Waals surface area contributed by atoms with E-state index in [2.05, 4.69) is 15.7 Å². The second kappa shape index (κ2) is 8.84. The number of non-ortho nitro benzene ring substituents is 1. The zero-order chi connectivity index (χ0) is 21.1. The first-order chi connectivity index (χ1) is 14.5. The molecule has 2 aromatic rings. The van der Waals surface area contributed by atoms with Crippen molar-refractivity contribution in [3.63, 3.8) is 0 Å². The number of carbonyl (C=O) groups excluding carboxylic acids is 2. The second-order valence-corrected chi connectivity index (χ2v) is 8.11. The van der Waals surface area contributed by atoms with E-state index in [1.54, 1.807) is 11.8 Å². The number of nitrogens with one attached hydrogen (secondary N) is 2. The van der Waals surface area contributed by atoms with Gasteiger partial charge in [0, 0.05) is 47.9 Å². The van der Waals surface area contributed by atoms with Gasteiger partial charge in [0.15, 0.2) is 0 Å². The third kappa shape index (κ3) is 4.46. The quantitative estimate of drug-likeness (QED) is 0.507. The van der Waals surface area contributed by atoms with Crippen LogP contribution >= 0.6 is 11.8 Å². The molecule has 158 valence electrons.